The van der Waals surface area contributed by atoms with Gasteiger partial charge in [0.05, 0.1) is 7.11 Å². The SMILES string of the molecule is COc1cc2c(cc1C)[C@H](C(OC)OC)C[C@H]2C. The molecule has 1 aromatic carbocycles. The number of rotatable bonds is 4. The standard InChI is InChI=1S/C15H22O3/c1-9-6-13(15(17-4)18-5)12-7-10(2)14(16-3)8-11(9)12/h7-9,13,15H,6H2,1-5H3/t9-,13-/m1/s1. The predicted octanol–water partition coefficient (Wildman–Crippen LogP) is 3.21. The second kappa shape index (κ2) is 5.29. The number of ether oxygens (including phenoxy) is 3. The van der Waals surface area contributed by atoms with E-state index >= 15 is 0 Å². The average Bonchev–Trinajstić information content (AvgIpc) is 2.67. The second-order valence-corrected chi connectivity index (χ2v) is 5.03. The van der Waals surface area contributed by atoms with Gasteiger partial charge in [-0.05, 0) is 42.0 Å². The highest BCUT2D eigenvalue weighted by Crippen LogP contribution is 2.46. The highest BCUT2D eigenvalue weighted by molar-refractivity contribution is 5.48. The Kier molecular flexibility index (Phi) is 3.93. The number of hydrogen-bond donors (Lipinski definition) is 0. The van der Waals surface area contributed by atoms with E-state index in [1.165, 1.54) is 16.7 Å². The van der Waals surface area contributed by atoms with Crippen LogP contribution in [-0.4, -0.2) is 27.6 Å². The highest BCUT2D eigenvalue weighted by atomic mass is 16.7. The van der Waals surface area contributed by atoms with Gasteiger partial charge in [0.2, 0.25) is 0 Å². The summed E-state index contributed by atoms with van der Waals surface area (Å²) < 4.78 is 16.3. The number of fused-ring (bicyclic) bond motifs is 1. The minimum absolute atomic E-state index is 0.165. The molecule has 3 nitrogen and oxygen atoms in total. The molecule has 0 fully saturated rings. The molecule has 2 rings (SSSR count). The molecule has 0 unspecified atom stereocenters. The van der Waals surface area contributed by atoms with Gasteiger partial charge in [-0.15, -0.1) is 0 Å². The quantitative estimate of drug-likeness (QED) is 0.768. The molecule has 0 bridgehead atoms. The van der Waals surface area contributed by atoms with E-state index in [9.17, 15) is 0 Å². The van der Waals surface area contributed by atoms with Crippen LogP contribution in [0.25, 0.3) is 0 Å². The Morgan fingerprint density at radius 2 is 1.78 bits per heavy atom. The number of aryl methyl sites for hydroxylation is 1. The van der Waals surface area contributed by atoms with Crippen LogP contribution in [0.5, 0.6) is 5.75 Å². The molecule has 100 valence electrons. The predicted molar refractivity (Wildman–Crippen MR) is 71.3 cm³/mol. The smallest absolute Gasteiger partial charge is 0.163 e. The lowest BCUT2D eigenvalue weighted by atomic mass is 9.98. The molecule has 2 atom stereocenters. The number of benzene rings is 1. The molecule has 0 heterocycles. The van der Waals surface area contributed by atoms with Crippen LogP contribution >= 0.6 is 0 Å². The van der Waals surface area contributed by atoms with Gasteiger partial charge in [0, 0.05) is 20.1 Å². The Balaban J connectivity index is 2.42. The van der Waals surface area contributed by atoms with Gasteiger partial charge in [0.1, 0.15) is 5.75 Å². The third kappa shape index (κ3) is 2.13. The zero-order valence-corrected chi connectivity index (χ0v) is 11.8. The first-order valence-corrected chi connectivity index (χ1v) is 6.36. The van der Waals surface area contributed by atoms with Gasteiger partial charge in [-0.3, -0.25) is 0 Å². The number of hydrogen-bond acceptors (Lipinski definition) is 3. The van der Waals surface area contributed by atoms with Gasteiger partial charge in [-0.2, -0.15) is 0 Å². The Bertz CT molecular complexity index is 424. The molecular formula is C15H22O3. The molecule has 1 aromatic rings. The fourth-order valence-electron chi connectivity index (χ4n) is 3.01. The van der Waals surface area contributed by atoms with Crippen LogP contribution in [0.4, 0.5) is 0 Å². The second-order valence-electron chi connectivity index (χ2n) is 5.03. The fraction of sp³-hybridized carbons (Fsp3) is 0.600. The van der Waals surface area contributed by atoms with Gasteiger partial charge in [0.15, 0.2) is 6.29 Å². The maximum Gasteiger partial charge on any atom is 0.163 e. The van der Waals surface area contributed by atoms with Crippen molar-refractivity contribution in [3.8, 4) is 5.75 Å². The molecule has 0 aromatic heterocycles. The van der Waals surface area contributed by atoms with E-state index in [2.05, 4.69) is 26.0 Å². The first-order chi connectivity index (χ1) is 8.62. The number of methoxy groups -OCH3 is 3. The van der Waals surface area contributed by atoms with E-state index < -0.39 is 0 Å². The summed E-state index contributed by atoms with van der Waals surface area (Å²) in [6.45, 7) is 4.32. The van der Waals surface area contributed by atoms with Crippen molar-refractivity contribution in [3.63, 3.8) is 0 Å². The molecule has 1 aliphatic carbocycles. The van der Waals surface area contributed by atoms with Gasteiger partial charge >= 0.3 is 0 Å². The topological polar surface area (TPSA) is 27.7 Å². The summed E-state index contributed by atoms with van der Waals surface area (Å²) in [6, 6.07) is 4.38. The summed E-state index contributed by atoms with van der Waals surface area (Å²) in [7, 11) is 5.12. The van der Waals surface area contributed by atoms with Crippen molar-refractivity contribution in [2.45, 2.75) is 38.4 Å². The molecule has 3 heteroatoms. The van der Waals surface area contributed by atoms with Crippen LogP contribution in [-0.2, 0) is 9.47 Å². The third-order valence-corrected chi connectivity index (χ3v) is 3.93. The van der Waals surface area contributed by atoms with Gasteiger partial charge < -0.3 is 14.2 Å². The molecule has 0 aliphatic heterocycles. The lowest BCUT2D eigenvalue weighted by molar-refractivity contribution is -0.118. The molecule has 0 saturated heterocycles. The minimum atomic E-state index is -0.165. The van der Waals surface area contributed by atoms with Crippen molar-refractivity contribution in [3.05, 3.63) is 28.8 Å². The molecular weight excluding hydrogens is 228 g/mol. The van der Waals surface area contributed by atoms with Crippen molar-refractivity contribution in [2.24, 2.45) is 0 Å². The van der Waals surface area contributed by atoms with E-state index in [1.807, 2.05) is 0 Å². The van der Waals surface area contributed by atoms with E-state index in [4.69, 9.17) is 14.2 Å². The summed E-state index contributed by atoms with van der Waals surface area (Å²) in [5.74, 6) is 1.80. The first kappa shape index (κ1) is 13.4. The summed E-state index contributed by atoms with van der Waals surface area (Å²) in [4.78, 5) is 0. The molecule has 0 saturated carbocycles. The largest absolute Gasteiger partial charge is 0.496 e. The van der Waals surface area contributed by atoms with Gasteiger partial charge in [0.25, 0.3) is 0 Å². The van der Waals surface area contributed by atoms with E-state index in [1.54, 1.807) is 21.3 Å². The van der Waals surface area contributed by atoms with Crippen molar-refractivity contribution in [2.75, 3.05) is 21.3 Å². The maximum atomic E-state index is 5.43. The highest BCUT2D eigenvalue weighted by Gasteiger charge is 2.34. The van der Waals surface area contributed by atoms with Crippen LogP contribution in [0, 0.1) is 6.92 Å². The summed E-state index contributed by atoms with van der Waals surface area (Å²) in [6.07, 6.45) is 0.898. The molecule has 0 spiro atoms. The van der Waals surface area contributed by atoms with E-state index in [0.717, 1.165) is 12.2 Å². The van der Waals surface area contributed by atoms with Crippen LogP contribution < -0.4 is 4.74 Å². The normalized spacial score (nSPS) is 22.3. The Morgan fingerprint density at radius 1 is 1.11 bits per heavy atom. The fourth-order valence-corrected chi connectivity index (χ4v) is 3.01. The van der Waals surface area contributed by atoms with Crippen molar-refractivity contribution in [1.29, 1.82) is 0 Å². The zero-order chi connectivity index (χ0) is 13.3. The lowest BCUT2D eigenvalue weighted by Gasteiger charge is -2.22. The van der Waals surface area contributed by atoms with Crippen LogP contribution in [0.15, 0.2) is 12.1 Å². The summed E-state index contributed by atoms with van der Waals surface area (Å²) in [5, 5.41) is 0. The Morgan fingerprint density at radius 3 is 2.33 bits per heavy atom. The average molecular weight is 250 g/mol. The van der Waals surface area contributed by atoms with E-state index in [-0.39, 0.29) is 6.29 Å². The van der Waals surface area contributed by atoms with Crippen molar-refractivity contribution in [1.82, 2.24) is 0 Å². The Labute approximate surface area is 109 Å². The lowest BCUT2D eigenvalue weighted by Crippen LogP contribution is -2.21. The van der Waals surface area contributed by atoms with Crippen molar-refractivity contribution < 1.29 is 14.2 Å². The molecule has 18 heavy (non-hydrogen) atoms. The van der Waals surface area contributed by atoms with Crippen LogP contribution in [0.1, 0.15) is 41.9 Å². The molecule has 0 radical (unpaired) electrons. The van der Waals surface area contributed by atoms with Gasteiger partial charge in [-0.25, -0.2) is 0 Å². The van der Waals surface area contributed by atoms with Crippen LogP contribution in [0.2, 0.25) is 0 Å². The molecule has 0 amide bonds. The minimum Gasteiger partial charge on any atom is -0.496 e. The zero-order valence-electron chi connectivity index (χ0n) is 11.8. The molecule has 0 N–H and O–H groups in total. The summed E-state index contributed by atoms with van der Waals surface area (Å²) in [5.41, 5.74) is 3.87. The first-order valence-electron chi connectivity index (χ1n) is 6.36. The van der Waals surface area contributed by atoms with Crippen molar-refractivity contribution >= 4 is 0 Å². The van der Waals surface area contributed by atoms with Gasteiger partial charge in [-0.1, -0.05) is 13.0 Å². The summed E-state index contributed by atoms with van der Waals surface area (Å²) >= 11 is 0. The Hall–Kier alpha value is -1.06. The third-order valence-electron chi connectivity index (χ3n) is 3.93. The molecule has 1 aliphatic rings. The van der Waals surface area contributed by atoms with Crippen LogP contribution in [0.3, 0.4) is 0 Å². The monoisotopic (exact) mass is 250 g/mol. The van der Waals surface area contributed by atoms with E-state index in [0.29, 0.717) is 11.8 Å². The maximum absolute atomic E-state index is 5.43.